The molecule has 1 unspecified atom stereocenters. The van der Waals surface area contributed by atoms with Gasteiger partial charge in [-0.2, -0.15) is 0 Å². The Morgan fingerprint density at radius 2 is 2.12 bits per heavy atom. The van der Waals surface area contributed by atoms with E-state index in [9.17, 15) is 0 Å². The molecular formula is C12H18N2O2S. The third-order valence-electron chi connectivity index (χ3n) is 2.65. The lowest BCUT2D eigenvalue weighted by Crippen LogP contribution is -2.14. The van der Waals surface area contributed by atoms with Gasteiger partial charge in [0.15, 0.2) is 0 Å². The summed E-state index contributed by atoms with van der Waals surface area (Å²) in [5.74, 6) is 6.86. The molecular weight excluding hydrogens is 236 g/mol. The summed E-state index contributed by atoms with van der Waals surface area (Å²) in [4.78, 5) is 4.44. The first kappa shape index (κ1) is 12.7. The third-order valence-corrected chi connectivity index (χ3v) is 3.83. The molecule has 1 aliphatic heterocycles. The van der Waals surface area contributed by atoms with Crippen LogP contribution in [0.25, 0.3) is 0 Å². The number of benzene rings is 1. The average molecular weight is 254 g/mol. The molecule has 0 aromatic heterocycles. The van der Waals surface area contributed by atoms with Gasteiger partial charge in [-0.15, -0.1) is 11.8 Å². The summed E-state index contributed by atoms with van der Waals surface area (Å²) >= 11 is 1.99. The first-order valence-electron chi connectivity index (χ1n) is 5.74. The number of hydrogen-bond acceptors (Lipinski definition) is 5. The predicted molar refractivity (Wildman–Crippen MR) is 70.0 cm³/mol. The van der Waals surface area contributed by atoms with E-state index >= 15 is 0 Å². The Bertz CT molecular complexity index is 326. The largest absolute Gasteiger partial charge is 0.491 e. The molecule has 17 heavy (non-hydrogen) atoms. The molecule has 0 amide bonds. The molecule has 94 valence electrons. The second kappa shape index (κ2) is 6.86. The Kier molecular flexibility index (Phi) is 5.12. The summed E-state index contributed by atoms with van der Waals surface area (Å²) in [6.45, 7) is 2.00. The predicted octanol–water partition coefficient (Wildman–Crippen LogP) is 1.16. The van der Waals surface area contributed by atoms with Crippen molar-refractivity contribution in [2.75, 3.05) is 25.6 Å². The highest BCUT2D eigenvalue weighted by atomic mass is 32.2. The number of ether oxygens (including phenoxy) is 1. The maximum Gasteiger partial charge on any atom is 0.119 e. The second-order valence-corrected chi connectivity index (χ2v) is 5.24. The van der Waals surface area contributed by atoms with Crippen molar-refractivity contribution in [3.63, 3.8) is 0 Å². The molecule has 1 aromatic rings. The molecule has 0 aliphatic carbocycles. The van der Waals surface area contributed by atoms with Gasteiger partial charge >= 0.3 is 0 Å². The lowest BCUT2D eigenvalue weighted by Gasteiger charge is -2.09. The zero-order chi connectivity index (χ0) is 11.9. The average Bonchev–Trinajstić information content (AvgIpc) is 2.85. The molecule has 0 spiro atoms. The van der Waals surface area contributed by atoms with Crippen LogP contribution >= 0.6 is 11.8 Å². The third kappa shape index (κ3) is 4.20. The Morgan fingerprint density at radius 1 is 1.29 bits per heavy atom. The van der Waals surface area contributed by atoms with Crippen LogP contribution in [0.4, 0.5) is 0 Å². The van der Waals surface area contributed by atoms with Crippen LogP contribution in [0.3, 0.4) is 0 Å². The zero-order valence-corrected chi connectivity index (χ0v) is 10.5. The summed E-state index contributed by atoms with van der Waals surface area (Å²) in [5, 5.41) is 4.05. The molecule has 0 radical (unpaired) electrons. The molecule has 3 N–H and O–H groups in total. The van der Waals surface area contributed by atoms with Crippen LogP contribution in [0.15, 0.2) is 24.3 Å². The molecule has 0 bridgehead atoms. The Morgan fingerprint density at radius 3 is 2.76 bits per heavy atom. The SMILES string of the molecule is NOCCOc1ccc(CC2CNCS2)cc1. The van der Waals surface area contributed by atoms with E-state index in [-0.39, 0.29) is 0 Å². The van der Waals surface area contributed by atoms with Crippen LogP contribution < -0.4 is 16.0 Å². The molecule has 0 saturated carbocycles. The van der Waals surface area contributed by atoms with Crippen LogP contribution in [0, 0.1) is 0 Å². The number of thioether (sulfide) groups is 1. The molecule has 1 fully saturated rings. The van der Waals surface area contributed by atoms with Gasteiger partial charge in [0.2, 0.25) is 0 Å². The topological polar surface area (TPSA) is 56.5 Å². The second-order valence-electron chi connectivity index (χ2n) is 3.95. The van der Waals surface area contributed by atoms with Gasteiger partial charge < -0.3 is 14.9 Å². The molecule has 1 atom stereocenters. The summed E-state index contributed by atoms with van der Waals surface area (Å²) in [6, 6.07) is 8.24. The molecule has 1 aliphatic rings. The highest BCUT2D eigenvalue weighted by Gasteiger charge is 2.15. The minimum absolute atomic E-state index is 0.409. The Hall–Kier alpha value is -0.750. The van der Waals surface area contributed by atoms with E-state index in [2.05, 4.69) is 22.3 Å². The van der Waals surface area contributed by atoms with Gasteiger partial charge in [-0.05, 0) is 24.1 Å². The van der Waals surface area contributed by atoms with Gasteiger partial charge in [-0.3, -0.25) is 0 Å². The van der Waals surface area contributed by atoms with Crippen molar-refractivity contribution in [1.29, 1.82) is 0 Å². The number of hydrogen-bond donors (Lipinski definition) is 2. The van der Waals surface area contributed by atoms with E-state index in [1.54, 1.807) is 0 Å². The van der Waals surface area contributed by atoms with Crippen LogP contribution in [0.1, 0.15) is 5.56 Å². The maximum atomic E-state index is 5.45. The van der Waals surface area contributed by atoms with Gasteiger partial charge in [-0.25, -0.2) is 5.90 Å². The lowest BCUT2D eigenvalue weighted by molar-refractivity contribution is 0.102. The quantitative estimate of drug-likeness (QED) is 0.589. The monoisotopic (exact) mass is 254 g/mol. The van der Waals surface area contributed by atoms with Gasteiger partial charge in [-0.1, -0.05) is 12.1 Å². The first-order chi connectivity index (χ1) is 8.38. The number of nitrogens with one attached hydrogen (secondary N) is 1. The molecule has 2 rings (SSSR count). The van der Waals surface area contributed by atoms with Gasteiger partial charge in [0.25, 0.3) is 0 Å². The van der Waals surface area contributed by atoms with Gasteiger partial charge in [0.1, 0.15) is 19.0 Å². The highest BCUT2D eigenvalue weighted by molar-refractivity contribution is 8.00. The van der Waals surface area contributed by atoms with Crippen LogP contribution in [-0.2, 0) is 11.3 Å². The first-order valence-corrected chi connectivity index (χ1v) is 6.79. The number of nitrogens with two attached hydrogens (primary N) is 1. The van der Waals surface area contributed by atoms with Crippen LogP contribution in [0.5, 0.6) is 5.75 Å². The van der Waals surface area contributed by atoms with Crippen LogP contribution in [-0.4, -0.2) is 30.9 Å². The smallest absolute Gasteiger partial charge is 0.119 e. The fourth-order valence-electron chi connectivity index (χ4n) is 1.78. The summed E-state index contributed by atoms with van der Waals surface area (Å²) < 4.78 is 5.45. The van der Waals surface area contributed by atoms with E-state index in [4.69, 9.17) is 10.6 Å². The van der Waals surface area contributed by atoms with E-state index in [1.165, 1.54) is 5.56 Å². The van der Waals surface area contributed by atoms with Crippen molar-refractivity contribution in [1.82, 2.24) is 5.32 Å². The summed E-state index contributed by atoms with van der Waals surface area (Å²) in [6.07, 6.45) is 1.11. The van der Waals surface area contributed by atoms with Crippen molar-refractivity contribution >= 4 is 11.8 Å². The van der Waals surface area contributed by atoms with E-state index in [1.807, 2.05) is 23.9 Å². The molecule has 4 nitrogen and oxygen atoms in total. The Balaban J connectivity index is 1.80. The summed E-state index contributed by atoms with van der Waals surface area (Å²) in [7, 11) is 0. The maximum absolute atomic E-state index is 5.45. The fourth-order valence-corrected chi connectivity index (χ4v) is 2.80. The van der Waals surface area contributed by atoms with Gasteiger partial charge in [0, 0.05) is 17.7 Å². The highest BCUT2D eigenvalue weighted by Crippen LogP contribution is 2.21. The molecule has 1 saturated heterocycles. The molecule has 5 heteroatoms. The van der Waals surface area contributed by atoms with Crippen molar-refractivity contribution in [2.24, 2.45) is 5.90 Å². The lowest BCUT2D eigenvalue weighted by atomic mass is 10.1. The van der Waals surface area contributed by atoms with Crippen molar-refractivity contribution in [3.05, 3.63) is 29.8 Å². The Labute approximate surface area is 106 Å². The molecule has 1 aromatic carbocycles. The standard InChI is InChI=1S/C12H18N2O2S/c13-16-6-5-15-11-3-1-10(2-4-11)7-12-8-14-9-17-12/h1-4,12,14H,5-9,13H2. The molecule has 1 heterocycles. The van der Waals surface area contributed by atoms with Crippen molar-refractivity contribution in [2.45, 2.75) is 11.7 Å². The zero-order valence-electron chi connectivity index (χ0n) is 9.72. The van der Waals surface area contributed by atoms with Crippen LogP contribution in [0.2, 0.25) is 0 Å². The van der Waals surface area contributed by atoms with Crippen molar-refractivity contribution < 1.29 is 9.57 Å². The minimum Gasteiger partial charge on any atom is -0.491 e. The van der Waals surface area contributed by atoms with E-state index in [0.29, 0.717) is 18.5 Å². The summed E-state index contributed by atoms with van der Waals surface area (Å²) in [5.41, 5.74) is 1.36. The van der Waals surface area contributed by atoms with E-state index < -0.39 is 0 Å². The van der Waals surface area contributed by atoms with Crippen molar-refractivity contribution in [3.8, 4) is 5.75 Å². The van der Waals surface area contributed by atoms with Gasteiger partial charge in [0.05, 0.1) is 0 Å². The fraction of sp³-hybridized carbons (Fsp3) is 0.500. The number of rotatable bonds is 6. The van der Waals surface area contributed by atoms with E-state index in [0.717, 1.165) is 24.6 Å². The normalized spacial score (nSPS) is 19.5. The minimum atomic E-state index is 0.409.